The van der Waals surface area contributed by atoms with Crippen molar-refractivity contribution in [2.45, 2.75) is 44.8 Å². The molecule has 0 spiro atoms. The van der Waals surface area contributed by atoms with Crippen molar-refractivity contribution in [1.82, 2.24) is 14.8 Å². The summed E-state index contributed by atoms with van der Waals surface area (Å²) in [6, 6.07) is 15.9. The van der Waals surface area contributed by atoms with E-state index < -0.39 is 18.2 Å². The Balaban J connectivity index is 0.000000301. The molecule has 1 N–H and O–H groups in total. The van der Waals surface area contributed by atoms with Crippen LogP contribution in [0.15, 0.2) is 54.7 Å². The number of benzene rings is 2. The largest absolute Gasteiger partial charge is 0.465 e. The maximum Gasteiger partial charge on any atom is 0.407 e. The highest BCUT2D eigenvalue weighted by atomic mass is 16.4. The van der Waals surface area contributed by atoms with E-state index in [9.17, 15) is 24.8 Å². The van der Waals surface area contributed by atoms with Crippen LogP contribution in [0.5, 0.6) is 0 Å². The Hall–Kier alpha value is -4.45. The van der Waals surface area contributed by atoms with Crippen LogP contribution in [0.3, 0.4) is 0 Å². The van der Waals surface area contributed by atoms with E-state index in [0.29, 0.717) is 29.3 Å². The number of carbonyl (C=O) groups excluding carboxylic acids is 2. The van der Waals surface area contributed by atoms with Crippen molar-refractivity contribution in [2.24, 2.45) is 0 Å². The Morgan fingerprint density at radius 2 is 1.86 bits per heavy atom. The van der Waals surface area contributed by atoms with Crippen molar-refractivity contribution < 1.29 is 19.5 Å². The number of likely N-dealkylation sites (tertiary alicyclic amines) is 2. The molecule has 2 fully saturated rings. The van der Waals surface area contributed by atoms with Crippen molar-refractivity contribution in [2.75, 3.05) is 18.5 Å². The average Bonchev–Trinajstić information content (AvgIpc) is 3.51. The van der Waals surface area contributed by atoms with Gasteiger partial charge >= 0.3 is 6.09 Å². The van der Waals surface area contributed by atoms with Crippen LogP contribution < -0.4 is 4.90 Å². The van der Waals surface area contributed by atoms with E-state index in [1.807, 2.05) is 6.07 Å². The molecule has 0 radical (unpaired) electrons. The number of aryl methyl sites for hydroxylation is 2. The van der Waals surface area contributed by atoms with Crippen LogP contribution in [-0.2, 0) is 16.0 Å². The molecule has 3 atom stereocenters. The first-order valence-corrected chi connectivity index (χ1v) is 12.1. The standard InChI is InChI=1S/C19H17N5O4.C9H12/c1-22(16-8-21-14(7-20)12-4-2-3-5-13(12)16)18(26)17-15-6-11(24(17)10-25)9-23(15)19(27)28;1-3-9-7-5-4-6-8(9)2/h2-5,8,10-11,15,17H,6,9H2,1H3,(H,27,28);4-7H,3H2,1-2H3. The van der Waals surface area contributed by atoms with Crippen LogP contribution in [0, 0.1) is 18.3 Å². The van der Waals surface area contributed by atoms with Crippen molar-refractivity contribution in [3.63, 3.8) is 0 Å². The Morgan fingerprint density at radius 3 is 2.46 bits per heavy atom. The molecule has 3 amide bonds. The van der Waals surface area contributed by atoms with Gasteiger partial charge in [-0.3, -0.25) is 9.59 Å². The molecule has 3 heterocycles. The molecule has 9 heteroatoms. The van der Waals surface area contributed by atoms with Gasteiger partial charge in [0.25, 0.3) is 5.91 Å². The van der Waals surface area contributed by atoms with Gasteiger partial charge in [0.05, 0.1) is 24.0 Å². The second-order valence-electron chi connectivity index (χ2n) is 9.22. The second-order valence-corrected chi connectivity index (χ2v) is 9.22. The van der Waals surface area contributed by atoms with Gasteiger partial charge < -0.3 is 19.8 Å². The molecule has 2 aliphatic rings. The number of carbonyl (C=O) groups is 3. The number of piperazine rings is 1. The molecular formula is C28H29N5O4. The Labute approximate surface area is 215 Å². The summed E-state index contributed by atoms with van der Waals surface area (Å²) in [7, 11) is 1.57. The lowest BCUT2D eigenvalue weighted by Gasteiger charge is -2.38. The molecule has 0 aliphatic carbocycles. The minimum Gasteiger partial charge on any atom is -0.465 e. The third-order valence-electron chi connectivity index (χ3n) is 7.26. The maximum absolute atomic E-state index is 13.3. The molecule has 9 nitrogen and oxygen atoms in total. The molecule has 3 unspecified atom stereocenters. The summed E-state index contributed by atoms with van der Waals surface area (Å²) >= 11 is 0. The highest BCUT2D eigenvalue weighted by Crippen LogP contribution is 2.37. The summed E-state index contributed by atoms with van der Waals surface area (Å²) in [6.45, 7) is 4.55. The number of hydrogen-bond acceptors (Lipinski definition) is 5. The van der Waals surface area contributed by atoms with Gasteiger partial charge in [-0.1, -0.05) is 55.5 Å². The molecule has 2 saturated heterocycles. The first-order chi connectivity index (χ1) is 17.8. The number of likely N-dealkylation sites (N-methyl/N-ethyl adjacent to an activating group) is 1. The average molecular weight is 500 g/mol. The van der Waals surface area contributed by atoms with Crippen LogP contribution in [0.4, 0.5) is 10.5 Å². The highest BCUT2D eigenvalue weighted by Gasteiger charge is 2.55. The summed E-state index contributed by atoms with van der Waals surface area (Å²) in [6.07, 6.45) is 2.57. The van der Waals surface area contributed by atoms with E-state index in [2.05, 4.69) is 43.1 Å². The smallest absolute Gasteiger partial charge is 0.407 e. The summed E-state index contributed by atoms with van der Waals surface area (Å²) in [4.78, 5) is 44.5. The molecule has 2 bridgehead atoms. The van der Waals surface area contributed by atoms with E-state index in [0.717, 1.165) is 6.42 Å². The number of fused-ring (bicyclic) bond motifs is 3. The predicted molar refractivity (Wildman–Crippen MR) is 139 cm³/mol. The number of hydrogen-bond donors (Lipinski definition) is 1. The fraction of sp³-hybridized carbons (Fsp3) is 0.321. The van der Waals surface area contributed by atoms with Crippen molar-refractivity contribution in [3.05, 3.63) is 71.5 Å². The summed E-state index contributed by atoms with van der Waals surface area (Å²) in [5.41, 5.74) is 3.61. The topological polar surface area (TPSA) is 118 Å². The number of aromatic nitrogens is 1. The maximum atomic E-state index is 13.3. The summed E-state index contributed by atoms with van der Waals surface area (Å²) in [5.74, 6) is -0.387. The van der Waals surface area contributed by atoms with Crippen LogP contribution in [0.1, 0.15) is 30.2 Å². The number of carboxylic acid groups (broad SMARTS) is 1. The van der Waals surface area contributed by atoms with Crippen LogP contribution >= 0.6 is 0 Å². The van der Waals surface area contributed by atoms with Gasteiger partial charge in [-0.25, -0.2) is 9.78 Å². The second kappa shape index (κ2) is 10.7. The van der Waals surface area contributed by atoms with Gasteiger partial charge in [0.15, 0.2) is 0 Å². The van der Waals surface area contributed by atoms with E-state index in [1.165, 1.54) is 32.0 Å². The van der Waals surface area contributed by atoms with Crippen molar-refractivity contribution in [3.8, 4) is 6.07 Å². The third-order valence-corrected chi connectivity index (χ3v) is 7.26. The van der Waals surface area contributed by atoms with Crippen molar-refractivity contribution in [1.29, 1.82) is 5.26 Å². The zero-order chi connectivity index (χ0) is 26.7. The predicted octanol–water partition coefficient (Wildman–Crippen LogP) is 3.59. The fourth-order valence-electron chi connectivity index (χ4n) is 5.31. The van der Waals surface area contributed by atoms with Crippen molar-refractivity contribution >= 4 is 34.9 Å². The van der Waals surface area contributed by atoms with E-state index >= 15 is 0 Å². The minimum atomic E-state index is -1.09. The number of nitriles is 1. The number of pyridine rings is 1. The van der Waals surface area contributed by atoms with E-state index in [-0.39, 0.29) is 24.2 Å². The lowest BCUT2D eigenvalue weighted by Crippen LogP contribution is -2.59. The van der Waals surface area contributed by atoms with Gasteiger partial charge in [-0.05, 0) is 30.9 Å². The quantitative estimate of drug-likeness (QED) is 0.548. The third kappa shape index (κ3) is 4.70. The molecule has 5 rings (SSSR count). The normalized spacial score (nSPS) is 19.7. The Morgan fingerprint density at radius 1 is 1.19 bits per heavy atom. The molecule has 0 saturated carbocycles. The lowest BCUT2D eigenvalue weighted by molar-refractivity contribution is -0.134. The molecular weight excluding hydrogens is 470 g/mol. The molecule has 3 aromatic rings. The zero-order valence-corrected chi connectivity index (χ0v) is 21.0. The van der Waals surface area contributed by atoms with Gasteiger partial charge in [0, 0.05) is 24.4 Å². The first kappa shape index (κ1) is 25.6. The van der Waals surface area contributed by atoms with Crippen LogP contribution in [0.25, 0.3) is 10.8 Å². The monoisotopic (exact) mass is 499 g/mol. The first-order valence-electron chi connectivity index (χ1n) is 12.1. The zero-order valence-electron chi connectivity index (χ0n) is 21.0. The van der Waals surface area contributed by atoms with E-state index in [1.54, 1.807) is 31.3 Å². The molecule has 190 valence electrons. The highest BCUT2D eigenvalue weighted by molar-refractivity contribution is 6.06. The van der Waals surface area contributed by atoms with Gasteiger partial charge in [-0.15, -0.1) is 0 Å². The molecule has 2 aliphatic heterocycles. The summed E-state index contributed by atoms with van der Waals surface area (Å²) in [5, 5.41) is 20.0. The Kier molecular flexibility index (Phi) is 7.39. The van der Waals surface area contributed by atoms with Gasteiger partial charge in [-0.2, -0.15) is 5.26 Å². The Bertz CT molecular complexity index is 1380. The number of anilines is 1. The number of rotatable bonds is 4. The fourth-order valence-corrected chi connectivity index (χ4v) is 5.31. The number of amides is 3. The van der Waals surface area contributed by atoms with Crippen LogP contribution in [0.2, 0.25) is 0 Å². The molecule has 1 aromatic heterocycles. The molecule has 37 heavy (non-hydrogen) atoms. The minimum absolute atomic E-state index is 0.216. The lowest BCUT2D eigenvalue weighted by atomic mass is 10.1. The van der Waals surface area contributed by atoms with E-state index in [4.69, 9.17) is 0 Å². The van der Waals surface area contributed by atoms with Crippen LogP contribution in [-0.4, -0.2) is 70.0 Å². The number of nitrogens with zero attached hydrogens (tertiary/aromatic N) is 5. The molecule has 2 aromatic carbocycles. The summed E-state index contributed by atoms with van der Waals surface area (Å²) < 4.78 is 0. The SMILES string of the molecule is CCc1ccccc1C.CN(C(=O)C1C2CC(CN2C(=O)O)N1C=O)c1cnc(C#N)c2ccccc12. The van der Waals surface area contributed by atoms with Gasteiger partial charge in [0.1, 0.15) is 17.8 Å². The van der Waals surface area contributed by atoms with Gasteiger partial charge in [0.2, 0.25) is 6.41 Å².